The van der Waals surface area contributed by atoms with Crippen molar-refractivity contribution in [3.05, 3.63) is 0 Å². The summed E-state index contributed by atoms with van der Waals surface area (Å²) in [5.74, 6) is 2.18. The van der Waals surface area contributed by atoms with Gasteiger partial charge in [-0.1, -0.05) is 26.2 Å². The lowest BCUT2D eigenvalue weighted by Crippen LogP contribution is -2.39. The standard InChI is InChI=1S/C14H24N2/c1-12-4-2-3-5-14(12)11-16-8-6-13(10-15)7-9-16/h12-14H,2-9,11H2,1H3/t12-,14+/m0/s1. The molecule has 0 spiro atoms. The maximum atomic E-state index is 8.87. The molecule has 16 heavy (non-hydrogen) atoms. The summed E-state index contributed by atoms with van der Waals surface area (Å²) in [5, 5.41) is 8.87. The highest BCUT2D eigenvalue weighted by Gasteiger charge is 2.25. The lowest BCUT2D eigenvalue weighted by atomic mass is 9.80. The molecule has 2 fully saturated rings. The van der Waals surface area contributed by atoms with E-state index >= 15 is 0 Å². The molecule has 1 saturated heterocycles. The van der Waals surface area contributed by atoms with Crippen molar-refractivity contribution in [2.45, 2.75) is 45.4 Å². The fourth-order valence-corrected chi connectivity index (χ4v) is 3.24. The van der Waals surface area contributed by atoms with E-state index in [1.165, 1.54) is 32.2 Å². The predicted molar refractivity (Wildman–Crippen MR) is 65.9 cm³/mol. The molecule has 1 aliphatic carbocycles. The predicted octanol–water partition coefficient (Wildman–Crippen LogP) is 3.05. The van der Waals surface area contributed by atoms with Gasteiger partial charge in [0.05, 0.1) is 6.07 Å². The van der Waals surface area contributed by atoms with E-state index in [0.717, 1.165) is 37.8 Å². The Bertz CT molecular complexity index is 248. The van der Waals surface area contributed by atoms with Crippen molar-refractivity contribution in [2.24, 2.45) is 17.8 Å². The fourth-order valence-electron chi connectivity index (χ4n) is 3.24. The summed E-state index contributed by atoms with van der Waals surface area (Å²) < 4.78 is 0. The minimum absolute atomic E-state index is 0.333. The van der Waals surface area contributed by atoms with Crippen LogP contribution in [0.3, 0.4) is 0 Å². The van der Waals surface area contributed by atoms with Gasteiger partial charge in [-0.05, 0) is 44.2 Å². The Labute approximate surface area is 99.6 Å². The van der Waals surface area contributed by atoms with Gasteiger partial charge in [-0.15, -0.1) is 0 Å². The second kappa shape index (κ2) is 5.68. The first kappa shape index (κ1) is 11.9. The van der Waals surface area contributed by atoms with E-state index in [0.29, 0.717) is 5.92 Å². The summed E-state index contributed by atoms with van der Waals surface area (Å²) >= 11 is 0. The Morgan fingerprint density at radius 3 is 2.44 bits per heavy atom. The minimum Gasteiger partial charge on any atom is -0.303 e. The van der Waals surface area contributed by atoms with Gasteiger partial charge >= 0.3 is 0 Å². The van der Waals surface area contributed by atoms with Gasteiger partial charge < -0.3 is 4.90 Å². The molecule has 1 heterocycles. The van der Waals surface area contributed by atoms with Crippen molar-refractivity contribution in [1.82, 2.24) is 4.90 Å². The van der Waals surface area contributed by atoms with Crippen LogP contribution in [0.25, 0.3) is 0 Å². The van der Waals surface area contributed by atoms with E-state index in [1.54, 1.807) is 0 Å². The molecule has 1 aliphatic heterocycles. The van der Waals surface area contributed by atoms with E-state index in [2.05, 4.69) is 17.9 Å². The first-order valence-corrected chi connectivity index (χ1v) is 6.91. The van der Waals surface area contributed by atoms with E-state index in [4.69, 9.17) is 5.26 Å². The van der Waals surface area contributed by atoms with Gasteiger partial charge in [0.25, 0.3) is 0 Å². The molecule has 0 aromatic carbocycles. The highest BCUT2D eigenvalue weighted by atomic mass is 15.1. The largest absolute Gasteiger partial charge is 0.303 e. The zero-order chi connectivity index (χ0) is 11.4. The molecule has 2 atom stereocenters. The number of rotatable bonds is 2. The van der Waals surface area contributed by atoms with Gasteiger partial charge in [-0.25, -0.2) is 0 Å². The third kappa shape index (κ3) is 2.98. The molecule has 2 nitrogen and oxygen atoms in total. The number of piperidine rings is 1. The quantitative estimate of drug-likeness (QED) is 0.715. The van der Waals surface area contributed by atoms with Gasteiger partial charge in [-0.3, -0.25) is 0 Å². The number of hydrogen-bond donors (Lipinski definition) is 0. The summed E-state index contributed by atoms with van der Waals surface area (Å²) in [6.07, 6.45) is 7.92. The molecule has 0 unspecified atom stereocenters. The normalized spacial score (nSPS) is 33.5. The van der Waals surface area contributed by atoms with E-state index in [1.807, 2.05) is 0 Å². The van der Waals surface area contributed by atoms with Crippen molar-refractivity contribution in [1.29, 1.82) is 5.26 Å². The monoisotopic (exact) mass is 220 g/mol. The third-order valence-electron chi connectivity index (χ3n) is 4.55. The first-order valence-electron chi connectivity index (χ1n) is 6.91. The van der Waals surface area contributed by atoms with E-state index in [9.17, 15) is 0 Å². The molecule has 0 bridgehead atoms. The van der Waals surface area contributed by atoms with Crippen LogP contribution >= 0.6 is 0 Å². The van der Waals surface area contributed by atoms with Crippen molar-refractivity contribution in [2.75, 3.05) is 19.6 Å². The maximum Gasteiger partial charge on any atom is 0.0656 e. The summed E-state index contributed by atoms with van der Waals surface area (Å²) in [4.78, 5) is 2.60. The van der Waals surface area contributed by atoms with Crippen LogP contribution in [-0.4, -0.2) is 24.5 Å². The number of nitriles is 1. The van der Waals surface area contributed by atoms with Gasteiger partial charge in [0.15, 0.2) is 0 Å². The van der Waals surface area contributed by atoms with E-state index < -0.39 is 0 Å². The molecular weight excluding hydrogens is 196 g/mol. The zero-order valence-electron chi connectivity index (χ0n) is 10.5. The average molecular weight is 220 g/mol. The molecule has 0 amide bonds. The average Bonchev–Trinajstić information content (AvgIpc) is 2.33. The SMILES string of the molecule is C[C@H]1CCCC[C@@H]1CN1CCC(C#N)CC1. The zero-order valence-corrected chi connectivity index (χ0v) is 10.5. The van der Waals surface area contributed by atoms with Gasteiger partial charge in [-0.2, -0.15) is 5.26 Å². The Kier molecular flexibility index (Phi) is 4.23. The fraction of sp³-hybridized carbons (Fsp3) is 0.929. The van der Waals surface area contributed by atoms with Crippen LogP contribution in [0.2, 0.25) is 0 Å². The Balaban J connectivity index is 1.75. The van der Waals surface area contributed by atoms with Crippen LogP contribution in [0.15, 0.2) is 0 Å². The van der Waals surface area contributed by atoms with Gasteiger partial charge in [0.2, 0.25) is 0 Å². The molecular formula is C14H24N2. The Morgan fingerprint density at radius 1 is 1.12 bits per heavy atom. The Morgan fingerprint density at radius 2 is 1.81 bits per heavy atom. The smallest absolute Gasteiger partial charge is 0.0656 e. The van der Waals surface area contributed by atoms with Gasteiger partial charge in [0, 0.05) is 12.5 Å². The van der Waals surface area contributed by atoms with Gasteiger partial charge in [0.1, 0.15) is 0 Å². The summed E-state index contributed by atoms with van der Waals surface area (Å²) in [6, 6.07) is 2.41. The van der Waals surface area contributed by atoms with Crippen LogP contribution in [0, 0.1) is 29.1 Å². The van der Waals surface area contributed by atoms with Crippen molar-refractivity contribution in [3.63, 3.8) is 0 Å². The molecule has 0 radical (unpaired) electrons. The third-order valence-corrected chi connectivity index (χ3v) is 4.55. The van der Waals surface area contributed by atoms with Crippen LogP contribution < -0.4 is 0 Å². The number of hydrogen-bond acceptors (Lipinski definition) is 2. The highest BCUT2D eigenvalue weighted by molar-refractivity contribution is 4.88. The molecule has 0 aromatic heterocycles. The molecule has 2 rings (SSSR count). The lowest BCUT2D eigenvalue weighted by molar-refractivity contribution is 0.132. The molecule has 0 N–H and O–H groups in total. The molecule has 2 heteroatoms. The maximum absolute atomic E-state index is 8.87. The summed E-state index contributed by atoms with van der Waals surface area (Å²) in [7, 11) is 0. The summed E-state index contributed by atoms with van der Waals surface area (Å²) in [5.41, 5.74) is 0. The van der Waals surface area contributed by atoms with Crippen molar-refractivity contribution in [3.8, 4) is 6.07 Å². The molecule has 1 saturated carbocycles. The lowest BCUT2D eigenvalue weighted by Gasteiger charge is -2.36. The van der Waals surface area contributed by atoms with Crippen molar-refractivity contribution < 1.29 is 0 Å². The van der Waals surface area contributed by atoms with Crippen LogP contribution in [0.4, 0.5) is 0 Å². The van der Waals surface area contributed by atoms with Crippen LogP contribution in [-0.2, 0) is 0 Å². The van der Waals surface area contributed by atoms with Crippen LogP contribution in [0.5, 0.6) is 0 Å². The summed E-state index contributed by atoms with van der Waals surface area (Å²) in [6.45, 7) is 6.02. The molecule has 90 valence electrons. The molecule has 0 aromatic rings. The van der Waals surface area contributed by atoms with Crippen molar-refractivity contribution >= 4 is 0 Å². The van der Waals surface area contributed by atoms with Crippen LogP contribution in [0.1, 0.15) is 45.4 Å². The molecule has 2 aliphatic rings. The minimum atomic E-state index is 0.333. The second-order valence-corrected chi connectivity index (χ2v) is 5.73. The topological polar surface area (TPSA) is 27.0 Å². The Hall–Kier alpha value is -0.550. The first-order chi connectivity index (χ1) is 7.79. The number of likely N-dealkylation sites (tertiary alicyclic amines) is 1. The van der Waals surface area contributed by atoms with E-state index in [-0.39, 0.29) is 0 Å². The number of nitrogens with zero attached hydrogens (tertiary/aromatic N) is 2. The second-order valence-electron chi connectivity index (χ2n) is 5.73. The highest BCUT2D eigenvalue weighted by Crippen LogP contribution is 2.31.